The van der Waals surface area contributed by atoms with Crippen molar-refractivity contribution >= 4 is 0 Å². The highest BCUT2D eigenvalue weighted by atomic mass is 19.1. The summed E-state index contributed by atoms with van der Waals surface area (Å²) in [4.78, 5) is 2.26. The highest BCUT2D eigenvalue weighted by molar-refractivity contribution is 5.15. The second-order valence-corrected chi connectivity index (χ2v) is 5.84. The van der Waals surface area contributed by atoms with E-state index < -0.39 is 0 Å². The number of rotatable bonds is 7. The summed E-state index contributed by atoms with van der Waals surface area (Å²) in [6, 6.07) is 6.71. The van der Waals surface area contributed by atoms with Crippen LogP contribution in [0.15, 0.2) is 24.3 Å². The first kappa shape index (κ1) is 15.1. The number of nitrogens with two attached hydrogens (primary N) is 1. The van der Waals surface area contributed by atoms with Crippen molar-refractivity contribution in [3.8, 4) is 0 Å². The molecule has 0 fully saturated rings. The zero-order valence-electron chi connectivity index (χ0n) is 11.7. The van der Waals surface area contributed by atoms with Gasteiger partial charge in [-0.25, -0.2) is 4.39 Å². The standard InChI is InChI=1S/C15H25FN2/c1-15(2,12-17)9-4-10-18(3)11-13-5-7-14(16)8-6-13/h5-8H,4,9-12,17H2,1-3H3. The fourth-order valence-electron chi connectivity index (χ4n) is 1.91. The lowest BCUT2D eigenvalue weighted by atomic mass is 9.88. The normalized spacial score (nSPS) is 12.1. The minimum Gasteiger partial charge on any atom is -0.330 e. The molecule has 102 valence electrons. The molecule has 18 heavy (non-hydrogen) atoms. The van der Waals surface area contributed by atoms with E-state index in [2.05, 4.69) is 25.8 Å². The Morgan fingerprint density at radius 3 is 2.39 bits per heavy atom. The van der Waals surface area contributed by atoms with Crippen LogP contribution in [0.2, 0.25) is 0 Å². The van der Waals surface area contributed by atoms with Gasteiger partial charge in [-0.2, -0.15) is 0 Å². The van der Waals surface area contributed by atoms with E-state index in [1.807, 2.05) is 12.1 Å². The smallest absolute Gasteiger partial charge is 0.123 e. The Balaban J connectivity index is 2.29. The first-order valence-electron chi connectivity index (χ1n) is 6.56. The molecule has 2 nitrogen and oxygen atoms in total. The third-order valence-corrected chi connectivity index (χ3v) is 3.31. The van der Waals surface area contributed by atoms with Gasteiger partial charge in [-0.05, 0) is 56.1 Å². The summed E-state index contributed by atoms with van der Waals surface area (Å²) in [5.74, 6) is -0.175. The Morgan fingerprint density at radius 2 is 1.83 bits per heavy atom. The van der Waals surface area contributed by atoms with Crippen molar-refractivity contribution in [2.24, 2.45) is 11.1 Å². The maximum atomic E-state index is 12.8. The number of nitrogens with zero attached hydrogens (tertiary/aromatic N) is 1. The predicted molar refractivity (Wildman–Crippen MR) is 74.8 cm³/mol. The van der Waals surface area contributed by atoms with Gasteiger partial charge >= 0.3 is 0 Å². The molecule has 0 aromatic heterocycles. The summed E-state index contributed by atoms with van der Waals surface area (Å²) in [6.07, 6.45) is 2.28. The van der Waals surface area contributed by atoms with Crippen LogP contribution in [0.3, 0.4) is 0 Å². The van der Waals surface area contributed by atoms with E-state index in [4.69, 9.17) is 5.73 Å². The van der Waals surface area contributed by atoms with Gasteiger partial charge in [0.15, 0.2) is 0 Å². The van der Waals surface area contributed by atoms with Crippen LogP contribution in [0.25, 0.3) is 0 Å². The van der Waals surface area contributed by atoms with Gasteiger partial charge in [0.1, 0.15) is 5.82 Å². The summed E-state index contributed by atoms with van der Waals surface area (Å²) in [6.45, 7) is 7.04. The molecule has 0 aliphatic heterocycles. The van der Waals surface area contributed by atoms with E-state index in [1.165, 1.54) is 12.1 Å². The van der Waals surface area contributed by atoms with Gasteiger partial charge in [-0.3, -0.25) is 0 Å². The fraction of sp³-hybridized carbons (Fsp3) is 0.600. The number of halogens is 1. The molecule has 0 saturated carbocycles. The van der Waals surface area contributed by atoms with E-state index in [1.54, 1.807) is 0 Å². The Bertz CT molecular complexity index is 346. The van der Waals surface area contributed by atoms with Gasteiger partial charge in [0, 0.05) is 6.54 Å². The lowest BCUT2D eigenvalue weighted by Gasteiger charge is -2.24. The van der Waals surface area contributed by atoms with Gasteiger partial charge < -0.3 is 10.6 Å². The van der Waals surface area contributed by atoms with Crippen molar-refractivity contribution in [3.63, 3.8) is 0 Å². The summed E-state index contributed by atoms with van der Waals surface area (Å²) in [7, 11) is 2.10. The molecule has 0 aliphatic carbocycles. The SMILES string of the molecule is CN(CCCC(C)(C)CN)Cc1ccc(F)cc1. The van der Waals surface area contributed by atoms with Crippen LogP contribution in [0.4, 0.5) is 4.39 Å². The van der Waals surface area contributed by atoms with E-state index in [-0.39, 0.29) is 11.2 Å². The molecule has 0 bridgehead atoms. The third-order valence-electron chi connectivity index (χ3n) is 3.31. The van der Waals surface area contributed by atoms with Crippen molar-refractivity contribution in [1.82, 2.24) is 4.90 Å². The molecule has 0 atom stereocenters. The molecule has 0 heterocycles. The lowest BCUT2D eigenvalue weighted by Crippen LogP contribution is -2.26. The van der Waals surface area contributed by atoms with Gasteiger partial charge in [-0.1, -0.05) is 26.0 Å². The van der Waals surface area contributed by atoms with Crippen molar-refractivity contribution < 1.29 is 4.39 Å². The highest BCUT2D eigenvalue weighted by Crippen LogP contribution is 2.20. The molecule has 1 aromatic rings. The molecule has 1 rings (SSSR count). The van der Waals surface area contributed by atoms with Gasteiger partial charge in [0.2, 0.25) is 0 Å². The second kappa shape index (κ2) is 6.86. The van der Waals surface area contributed by atoms with Crippen molar-refractivity contribution in [1.29, 1.82) is 0 Å². The quantitative estimate of drug-likeness (QED) is 0.808. The Labute approximate surface area is 110 Å². The molecule has 0 unspecified atom stereocenters. The molecule has 0 amide bonds. The number of hydrogen-bond acceptors (Lipinski definition) is 2. The molecule has 3 heteroatoms. The van der Waals surface area contributed by atoms with Crippen LogP contribution >= 0.6 is 0 Å². The molecule has 0 radical (unpaired) electrons. The molecule has 0 aliphatic rings. The van der Waals surface area contributed by atoms with Crippen molar-refractivity contribution in [2.45, 2.75) is 33.2 Å². The summed E-state index contributed by atoms with van der Waals surface area (Å²) < 4.78 is 12.8. The minimum absolute atomic E-state index is 0.175. The minimum atomic E-state index is -0.175. The average molecular weight is 252 g/mol. The fourth-order valence-corrected chi connectivity index (χ4v) is 1.91. The third kappa shape index (κ3) is 5.61. The molecule has 0 saturated heterocycles. The molecule has 2 N–H and O–H groups in total. The number of hydrogen-bond donors (Lipinski definition) is 1. The predicted octanol–water partition coefficient (Wildman–Crippen LogP) is 3.02. The van der Waals surface area contributed by atoms with E-state index in [9.17, 15) is 4.39 Å². The average Bonchev–Trinajstić information content (AvgIpc) is 2.32. The molecule has 1 aromatic carbocycles. The van der Waals surface area contributed by atoms with Crippen LogP contribution in [-0.2, 0) is 6.54 Å². The zero-order valence-corrected chi connectivity index (χ0v) is 11.7. The zero-order chi connectivity index (χ0) is 13.6. The first-order chi connectivity index (χ1) is 8.43. The molecule has 0 spiro atoms. The van der Waals surface area contributed by atoms with Gasteiger partial charge in [0.25, 0.3) is 0 Å². The highest BCUT2D eigenvalue weighted by Gasteiger charge is 2.14. The van der Waals surface area contributed by atoms with Crippen LogP contribution in [-0.4, -0.2) is 25.0 Å². The number of benzene rings is 1. The van der Waals surface area contributed by atoms with Crippen LogP contribution in [0.1, 0.15) is 32.3 Å². The first-order valence-corrected chi connectivity index (χ1v) is 6.56. The van der Waals surface area contributed by atoms with E-state index >= 15 is 0 Å². The van der Waals surface area contributed by atoms with Crippen molar-refractivity contribution in [2.75, 3.05) is 20.1 Å². The van der Waals surface area contributed by atoms with E-state index in [0.29, 0.717) is 0 Å². The van der Waals surface area contributed by atoms with E-state index in [0.717, 1.165) is 38.0 Å². The van der Waals surface area contributed by atoms with Crippen LogP contribution in [0, 0.1) is 11.2 Å². The summed E-state index contributed by atoms with van der Waals surface area (Å²) in [5, 5.41) is 0. The van der Waals surface area contributed by atoms with Gasteiger partial charge in [-0.15, -0.1) is 0 Å². The monoisotopic (exact) mass is 252 g/mol. The van der Waals surface area contributed by atoms with Gasteiger partial charge in [0.05, 0.1) is 0 Å². The lowest BCUT2D eigenvalue weighted by molar-refractivity contribution is 0.273. The Hall–Kier alpha value is -0.930. The van der Waals surface area contributed by atoms with Crippen LogP contribution in [0.5, 0.6) is 0 Å². The molecular weight excluding hydrogens is 227 g/mol. The maximum absolute atomic E-state index is 12.8. The largest absolute Gasteiger partial charge is 0.330 e. The summed E-state index contributed by atoms with van der Waals surface area (Å²) >= 11 is 0. The Morgan fingerprint density at radius 1 is 1.22 bits per heavy atom. The topological polar surface area (TPSA) is 29.3 Å². The second-order valence-electron chi connectivity index (χ2n) is 5.84. The maximum Gasteiger partial charge on any atom is 0.123 e. The molecular formula is C15H25FN2. The summed E-state index contributed by atoms with van der Waals surface area (Å²) in [5.41, 5.74) is 7.09. The van der Waals surface area contributed by atoms with Crippen LogP contribution < -0.4 is 5.73 Å². The Kier molecular flexibility index (Phi) is 5.76. The van der Waals surface area contributed by atoms with Crippen molar-refractivity contribution in [3.05, 3.63) is 35.6 Å².